The van der Waals surface area contributed by atoms with Crippen molar-refractivity contribution in [2.75, 3.05) is 44.3 Å². The molecule has 8 nitrogen and oxygen atoms in total. The van der Waals surface area contributed by atoms with Crippen LogP contribution in [0.25, 0.3) is 11.1 Å². The third kappa shape index (κ3) is 7.59. The summed E-state index contributed by atoms with van der Waals surface area (Å²) in [5.41, 5.74) is 5.99. The molecule has 2 aromatic carbocycles. The number of aliphatic hydroxyl groups excluding tert-OH is 1. The number of β-amino-alcohol motifs (C(OH)–C–C–N with tert-alkyl or cyclic N) is 1. The van der Waals surface area contributed by atoms with E-state index in [-0.39, 0.29) is 35.8 Å². The molecule has 0 bridgehead atoms. The molecule has 2 aromatic rings. The molecule has 3 saturated heterocycles. The third-order valence-corrected chi connectivity index (χ3v) is 9.70. The van der Waals surface area contributed by atoms with Gasteiger partial charge in [-0.05, 0) is 99.7 Å². The van der Waals surface area contributed by atoms with Crippen LogP contribution >= 0.6 is 0 Å². The van der Waals surface area contributed by atoms with Crippen LogP contribution in [0.5, 0.6) is 0 Å². The summed E-state index contributed by atoms with van der Waals surface area (Å²) in [7, 11) is 0. The van der Waals surface area contributed by atoms with E-state index in [4.69, 9.17) is 4.74 Å². The fourth-order valence-electron chi connectivity index (χ4n) is 7.24. The Labute approximate surface area is 257 Å². The van der Waals surface area contributed by atoms with Gasteiger partial charge in [-0.25, -0.2) is 0 Å². The molecule has 3 aliphatic heterocycles. The molecule has 3 fully saturated rings. The van der Waals surface area contributed by atoms with Gasteiger partial charge in [-0.3, -0.25) is 14.5 Å². The van der Waals surface area contributed by atoms with E-state index < -0.39 is 0 Å². The smallest absolute Gasteiger partial charge is 0.251 e. The number of carbonyl (C=O) groups excluding carboxylic acids is 2. The molecule has 3 N–H and O–H groups in total. The molecule has 8 heteroatoms. The molecule has 3 heterocycles. The van der Waals surface area contributed by atoms with Crippen LogP contribution in [0.1, 0.15) is 74.4 Å². The standard InChI is InChI=1S/C35H50N4O4/c1-5-39(29-12-15-43-16-13-29)33-19-28(27-10-8-26(9-11-27)21-38-14-6-7-30(40)22-38)18-31(25(33)4)34(41)36-20-32-23(2)17-24(3)37-35(32)42/h8-11,18-19,23-24,29-30,32,40H,5-7,12-17,20-22H2,1-4H3,(H,36,41)(H,37,42)/t23?,24?,30-,32?/m1/s1. The number of rotatable bonds is 9. The molecule has 43 heavy (non-hydrogen) atoms. The summed E-state index contributed by atoms with van der Waals surface area (Å²) in [6.07, 6.45) is 4.52. The van der Waals surface area contributed by atoms with Crippen molar-refractivity contribution in [1.29, 1.82) is 0 Å². The molecule has 5 rings (SSSR count). The van der Waals surface area contributed by atoms with Crippen LogP contribution in [-0.4, -0.2) is 79.4 Å². The van der Waals surface area contributed by atoms with Gasteiger partial charge in [0.15, 0.2) is 0 Å². The first kappa shape index (κ1) is 31.5. The molecule has 3 aliphatic rings. The summed E-state index contributed by atoms with van der Waals surface area (Å²) in [4.78, 5) is 31.3. The van der Waals surface area contributed by atoms with Gasteiger partial charge in [0.05, 0.1) is 12.0 Å². The number of anilines is 1. The van der Waals surface area contributed by atoms with Gasteiger partial charge in [-0.15, -0.1) is 0 Å². The van der Waals surface area contributed by atoms with Gasteiger partial charge in [0.2, 0.25) is 5.91 Å². The molecule has 2 amide bonds. The quantitative estimate of drug-likeness (QED) is 0.398. The van der Waals surface area contributed by atoms with Crippen LogP contribution in [0, 0.1) is 18.8 Å². The Morgan fingerprint density at radius 1 is 1.12 bits per heavy atom. The third-order valence-electron chi connectivity index (χ3n) is 9.70. The van der Waals surface area contributed by atoms with Gasteiger partial charge >= 0.3 is 0 Å². The summed E-state index contributed by atoms with van der Waals surface area (Å²) in [6.45, 7) is 13.6. The summed E-state index contributed by atoms with van der Waals surface area (Å²) >= 11 is 0. The Morgan fingerprint density at radius 2 is 1.86 bits per heavy atom. The highest BCUT2D eigenvalue weighted by molar-refractivity contribution is 5.99. The average molecular weight is 591 g/mol. The molecule has 3 unspecified atom stereocenters. The largest absolute Gasteiger partial charge is 0.392 e. The van der Waals surface area contributed by atoms with E-state index in [1.54, 1.807) is 0 Å². The van der Waals surface area contributed by atoms with Gasteiger partial charge in [0.25, 0.3) is 5.91 Å². The van der Waals surface area contributed by atoms with Crippen LogP contribution in [-0.2, 0) is 16.1 Å². The summed E-state index contributed by atoms with van der Waals surface area (Å²) in [6, 6.07) is 13.4. The first-order chi connectivity index (χ1) is 20.7. The van der Waals surface area contributed by atoms with Crippen molar-refractivity contribution in [3.63, 3.8) is 0 Å². The van der Waals surface area contributed by atoms with E-state index in [0.29, 0.717) is 18.2 Å². The second-order valence-corrected chi connectivity index (χ2v) is 13.0. The van der Waals surface area contributed by atoms with Crippen molar-refractivity contribution in [3.8, 4) is 11.1 Å². The lowest BCUT2D eigenvalue weighted by molar-refractivity contribution is -0.129. The van der Waals surface area contributed by atoms with E-state index in [1.165, 1.54) is 5.56 Å². The fourth-order valence-corrected chi connectivity index (χ4v) is 7.24. The predicted molar refractivity (Wildman–Crippen MR) is 171 cm³/mol. The Balaban J connectivity index is 1.42. The van der Waals surface area contributed by atoms with Crippen LogP contribution in [0.3, 0.4) is 0 Å². The van der Waals surface area contributed by atoms with E-state index in [9.17, 15) is 14.7 Å². The monoisotopic (exact) mass is 590 g/mol. The van der Waals surface area contributed by atoms with Crippen molar-refractivity contribution in [1.82, 2.24) is 15.5 Å². The fraction of sp³-hybridized carbons (Fsp3) is 0.600. The van der Waals surface area contributed by atoms with Crippen LogP contribution < -0.4 is 15.5 Å². The highest BCUT2D eigenvalue weighted by Gasteiger charge is 2.33. The topological polar surface area (TPSA) is 94.1 Å². The predicted octanol–water partition coefficient (Wildman–Crippen LogP) is 4.51. The van der Waals surface area contributed by atoms with E-state index in [0.717, 1.165) is 93.9 Å². The van der Waals surface area contributed by atoms with E-state index in [2.05, 4.69) is 64.6 Å². The highest BCUT2D eigenvalue weighted by Crippen LogP contribution is 2.34. The normalized spacial score (nSPS) is 25.3. The number of hydrogen-bond acceptors (Lipinski definition) is 6. The molecule has 0 saturated carbocycles. The molecule has 4 atom stereocenters. The Bertz CT molecular complexity index is 1260. The second kappa shape index (κ2) is 14.2. The van der Waals surface area contributed by atoms with Gasteiger partial charge in [-0.2, -0.15) is 0 Å². The van der Waals surface area contributed by atoms with Gasteiger partial charge in [0, 0.05) is 62.7 Å². The minimum atomic E-state index is -0.236. The number of benzene rings is 2. The maximum Gasteiger partial charge on any atom is 0.251 e. The van der Waals surface area contributed by atoms with Crippen molar-refractivity contribution >= 4 is 17.5 Å². The second-order valence-electron chi connectivity index (χ2n) is 13.0. The van der Waals surface area contributed by atoms with Gasteiger partial charge in [0.1, 0.15) is 0 Å². The lowest BCUT2D eigenvalue weighted by Crippen LogP contribution is -2.50. The number of nitrogens with zero attached hydrogens (tertiary/aromatic N) is 2. The lowest BCUT2D eigenvalue weighted by Gasteiger charge is -2.37. The molecule has 0 radical (unpaired) electrons. The zero-order valence-electron chi connectivity index (χ0n) is 26.4. The molecular formula is C35H50N4O4. The Hall–Kier alpha value is -2.94. The minimum Gasteiger partial charge on any atom is -0.392 e. The molecule has 0 aromatic heterocycles. The van der Waals surface area contributed by atoms with Crippen molar-refractivity contribution in [3.05, 3.63) is 53.1 Å². The minimum absolute atomic E-state index is 0.0218. The SMILES string of the molecule is CCN(c1cc(-c2ccc(CN3CCC[C@@H](O)C3)cc2)cc(C(=O)NCC2C(=O)NC(C)CC2C)c1C)C1CCOCC1. The first-order valence-electron chi connectivity index (χ1n) is 16.3. The number of ether oxygens (including phenoxy) is 1. The number of carbonyl (C=O) groups is 2. The lowest BCUT2D eigenvalue weighted by atomic mass is 9.84. The van der Waals surface area contributed by atoms with E-state index >= 15 is 0 Å². The summed E-state index contributed by atoms with van der Waals surface area (Å²) < 4.78 is 5.66. The number of likely N-dealkylation sites (tertiary alicyclic amines) is 1. The molecule has 0 aliphatic carbocycles. The number of piperidine rings is 2. The van der Waals surface area contributed by atoms with Gasteiger partial charge < -0.3 is 25.4 Å². The molecule has 234 valence electrons. The number of aliphatic hydroxyl groups is 1. The summed E-state index contributed by atoms with van der Waals surface area (Å²) in [5, 5.41) is 16.2. The van der Waals surface area contributed by atoms with Crippen LogP contribution in [0.15, 0.2) is 36.4 Å². The van der Waals surface area contributed by atoms with Gasteiger partial charge in [-0.1, -0.05) is 31.2 Å². The Kier molecular flexibility index (Phi) is 10.4. The molecule has 0 spiro atoms. The number of nitrogens with one attached hydrogen (secondary N) is 2. The molecular weight excluding hydrogens is 540 g/mol. The number of amides is 2. The average Bonchev–Trinajstić information content (AvgIpc) is 2.99. The van der Waals surface area contributed by atoms with E-state index in [1.807, 2.05) is 19.9 Å². The Morgan fingerprint density at radius 3 is 2.53 bits per heavy atom. The van der Waals surface area contributed by atoms with Crippen molar-refractivity contribution in [2.45, 2.75) is 84.5 Å². The zero-order valence-corrected chi connectivity index (χ0v) is 26.4. The number of hydrogen-bond donors (Lipinski definition) is 3. The maximum absolute atomic E-state index is 13.8. The van der Waals surface area contributed by atoms with Crippen LogP contribution in [0.4, 0.5) is 5.69 Å². The maximum atomic E-state index is 13.8. The first-order valence-corrected chi connectivity index (χ1v) is 16.3. The highest BCUT2D eigenvalue weighted by atomic mass is 16.5. The van der Waals surface area contributed by atoms with Crippen LogP contribution in [0.2, 0.25) is 0 Å². The van der Waals surface area contributed by atoms with Crippen molar-refractivity contribution < 1.29 is 19.4 Å². The summed E-state index contributed by atoms with van der Waals surface area (Å²) in [5.74, 6) is -0.134. The van der Waals surface area contributed by atoms with Crippen molar-refractivity contribution in [2.24, 2.45) is 11.8 Å². The zero-order chi connectivity index (χ0) is 30.5.